The van der Waals surface area contributed by atoms with E-state index in [1.165, 1.54) is 24.0 Å². The number of fused-ring (bicyclic) bond motifs is 1. The first kappa shape index (κ1) is 14.3. The first-order valence-corrected chi connectivity index (χ1v) is 7.95. The number of hydrogen-bond donors (Lipinski definition) is 1. The summed E-state index contributed by atoms with van der Waals surface area (Å²) >= 11 is 0. The molecular weight excluding hydrogens is 258 g/mol. The third-order valence-electron chi connectivity index (χ3n) is 4.67. The molecule has 2 aromatic rings. The molecule has 112 valence electrons. The maximum atomic E-state index is 4.08. The Kier molecular flexibility index (Phi) is 4.11. The van der Waals surface area contributed by atoms with Gasteiger partial charge < -0.3 is 9.88 Å². The summed E-state index contributed by atoms with van der Waals surface area (Å²) < 4.78 is 2.14. The topological polar surface area (TPSA) is 29.9 Å². The van der Waals surface area contributed by atoms with Crippen molar-refractivity contribution in [1.29, 1.82) is 0 Å². The molecule has 0 bridgehead atoms. The van der Waals surface area contributed by atoms with Gasteiger partial charge in [-0.2, -0.15) is 0 Å². The molecule has 3 rings (SSSR count). The summed E-state index contributed by atoms with van der Waals surface area (Å²) in [5, 5.41) is 3.74. The summed E-state index contributed by atoms with van der Waals surface area (Å²) in [6.45, 7) is 6.81. The Hall–Kier alpha value is -1.61. The molecule has 3 nitrogen and oxygen atoms in total. The molecule has 0 saturated carbocycles. The second kappa shape index (κ2) is 6.02. The molecule has 1 N–H and O–H groups in total. The number of nitrogens with zero attached hydrogens (tertiary/aromatic N) is 2. The molecule has 1 unspecified atom stereocenters. The van der Waals surface area contributed by atoms with Gasteiger partial charge in [-0.05, 0) is 42.3 Å². The Balaban J connectivity index is 1.59. The minimum atomic E-state index is 0.311. The third-order valence-corrected chi connectivity index (χ3v) is 4.67. The molecule has 0 aliphatic heterocycles. The predicted molar refractivity (Wildman–Crippen MR) is 86.3 cm³/mol. The van der Waals surface area contributed by atoms with E-state index in [9.17, 15) is 0 Å². The van der Waals surface area contributed by atoms with E-state index in [1.807, 2.05) is 18.7 Å². The Labute approximate surface area is 127 Å². The van der Waals surface area contributed by atoms with Crippen molar-refractivity contribution in [2.45, 2.75) is 51.1 Å². The lowest BCUT2D eigenvalue weighted by Gasteiger charge is -2.37. The fourth-order valence-electron chi connectivity index (χ4n) is 3.38. The fourth-order valence-corrected chi connectivity index (χ4v) is 3.38. The highest BCUT2D eigenvalue weighted by molar-refractivity contribution is 5.38. The van der Waals surface area contributed by atoms with E-state index in [0.717, 1.165) is 19.5 Å². The Morgan fingerprint density at radius 1 is 1.33 bits per heavy atom. The van der Waals surface area contributed by atoms with Gasteiger partial charge in [0.25, 0.3) is 0 Å². The SMILES string of the molecule is CC1(C)CCC(NCCCn2ccnc2)c2ccccc21. The summed E-state index contributed by atoms with van der Waals surface area (Å²) in [4.78, 5) is 4.08. The lowest BCUT2D eigenvalue weighted by molar-refractivity contribution is 0.355. The lowest BCUT2D eigenvalue weighted by atomic mass is 9.71. The highest BCUT2D eigenvalue weighted by atomic mass is 15.0. The van der Waals surface area contributed by atoms with Gasteiger partial charge in [-0.15, -0.1) is 0 Å². The number of aromatic nitrogens is 2. The smallest absolute Gasteiger partial charge is 0.0945 e. The van der Waals surface area contributed by atoms with Crippen LogP contribution in [0.5, 0.6) is 0 Å². The molecule has 21 heavy (non-hydrogen) atoms. The third kappa shape index (κ3) is 3.18. The van der Waals surface area contributed by atoms with Crippen molar-refractivity contribution in [1.82, 2.24) is 14.9 Å². The molecule has 1 heterocycles. The van der Waals surface area contributed by atoms with E-state index >= 15 is 0 Å². The van der Waals surface area contributed by atoms with E-state index in [2.05, 4.69) is 53.0 Å². The van der Waals surface area contributed by atoms with E-state index in [4.69, 9.17) is 0 Å². The number of imidazole rings is 1. The Morgan fingerprint density at radius 2 is 2.19 bits per heavy atom. The van der Waals surface area contributed by atoms with Gasteiger partial charge in [-0.3, -0.25) is 0 Å². The molecule has 0 amide bonds. The molecule has 0 saturated heterocycles. The zero-order valence-electron chi connectivity index (χ0n) is 13.0. The normalized spacial score (nSPS) is 20.2. The molecule has 1 atom stereocenters. The van der Waals surface area contributed by atoms with Gasteiger partial charge in [0, 0.05) is 25.0 Å². The number of hydrogen-bond acceptors (Lipinski definition) is 2. The van der Waals surface area contributed by atoms with Gasteiger partial charge in [0.15, 0.2) is 0 Å². The van der Waals surface area contributed by atoms with E-state index < -0.39 is 0 Å². The minimum Gasteiger partial charge on any atom is -0.337 e. The van der Waals surface area contributed by atoms with Crippen molar-refractivity contribution in [2.75, 3.05) is 6.54 Å². The second-order valence-corrected chi connectivity index (χ2v) is 6.67. The zero-order chi connectivity index (χ0) is 14.7. The van der Waals surface area contributed by atoms with E-state index in [-0.39, 0.29) is 0 Å². The first-order chi connectivity index (χ1) is 10.2. The van der Waals surface area contributed by atoms with Gasteiger partial charge in [0.1, 0.15) is 0 Å². The van der Waals surface area contributed by atoms with Crippen molar-refractivity contribution in [3.63, 3.8) is 0 Å². The van der Waals surface area contributed by atoms with Gasteiger partial charge in [0.05, 0.1) is 6.33 Å². The lowest BCUT2D eigenvalue weighted by Crippen LogP contribution is -2.33. The van der Waals surface area contributed by atoms with Crippen LogP contribution in [0.1, 0.15) is 50.3 Å². The van der Waals surface area contributed by atoms with Gasteiger partial charge in [-0.1, -0.05) is 38.1 Å². The van der Waals surface area contributed by atoms with Crippen LogP contribution < -0.4 is 5.32 Å². The molecule has 1 aromatic carbocycles. The summed E-state index contributed by atoms with van der Waals surface area (Å²) in [7, 11) is 0. The largest absolute Gasteiger partial charge is 0.337 e. The van der Waals surface area contributed by atoms with Crippen LogP contribution in [0.2, 0.25) is 0 Å². The molecule has 0 spiro atoms. The Morgan fingerprint density at radius 3 is 3.00 bits per heavy atom. The van der Waals surface area contributed by atoms with Crippen LogP contribution in [0.15, 0.2) is 43.0 Å². The van der Waals surface area contributed by atoms with Crippen LogP contribution in [0.25, 0.3) is 0 Å². The monoisotopic (exact) mass is 283 g/mol. The van der Waals surface area contributed by atoms with Crippen LogP contribution in [0.3, 0.4) is 0 Å². The van der Waals surface area contributed by atoms with E-state index in [1.54, 1.807) is 0 Å². The van der Waals surface area contributed by atoms with E-state index in [0.29, 0.717) is 11.5 Å². The van der Waals surface area contributed by atoms with Crippen molar-refractivity contribution in [2.24, 2.45) is 0 Å². The van der Waals surface area contributed by atoms with Crippen molar-refractivity contribution < 1.29 is 0 Å². The number of aryl methyl sites for hydroxylation is 1. The van der Waals surface area contributed by atoms with Crippen LogP contribution in [0.4, 0.5) is 0 Å². The van der Waals surface area contributed by atoms with Crippen molar-refractivity contribution >= 4 is 0 Å². The van der Waals surface area contributed by atoms with Crippen LogP contribution in [0, 0.1) is 0 Å². The summed E-state index contributed by atoms with van der Waals surface area (Å²) in [5.41, 5.74) is 3.32. The predicted octanol–water partition coefficient (Wildman–Crippen LogP) is 3.68. The Bertz CT molecular complexity index is 572. The van der Waals surface area contributed by atoms with Crippen LogP contribution >= 0.6 is 0 Å². The minimum absolute atomic E-state index is 0.311. The maximum Gasteiger partial charge on any atom is 0.0945 e. The molecular formula is C18H25N3. The summed E-state index contributed by atoms with van der Waals surface area (Å²) in [6.07, 6.45) is 9.38. The quantitative estimate of drug-likeness (QED) is 0.848. The second-order valence-electron chi connectivity index (χ2n) is 6.67. The van der Waals surface area contributed by atoms with Gasteiger partial charge in [-0.25, -0.2) is 4.98 Å². The van der Waals surface area contributed by atoms with Crippen LogP contribution in [-0.4, -0.2) is 16.1 Å². The molecule has 1 aromatic heterocycles. The molecule has 0 fully saturated rings. The summed E-state index contributed by atoms with van der Waals surface area (Å²) in [6, 6.07) is 9.44. The van der Waals surface area contributed by atoms with Crippen molar-refractivity contribution in [3.05, 3.63) is 54.1 Å². The summed E-state index contributed by atoms with van der Waals surface area (Å²) in [5.74, 6) is 0. The fraction of sp³-hybridized carbons (Fsp3) is 0.500. The molecule has 0 radical (unpaired) electrons. The number of benzene rings is 1. The average molecular weight is 283 g/mol. The van der Waals surface area contributed by atoms with Crippen LogP contribution in [-0.2, 0) is 12.0 Å². The first-order valence-electron chi connectivity index (χ1n) is 7.95. The van der Waals surface area contributed by atoms with Gasteiger partial charge >= 0.3 is 0 Å². The average Bonchev–Trinajstić information content (AvgIpc) is 2.99. The van der Waals surface area contributed by atoms with Crippen molar-refractivity contribution in [3.8, 4) is 0 Å². The standard InChI is InChI=1S/C18H25N3/c1-18(2)9-8-17(15-6-3-4-7-16(15)18)20-10-5-12-21-13-11-19-14-21/h3-4,6-7,11,13-14,17,20H,5,8-10,12H2,1-2H3. The molecule has 1 aliphatic carbocycles. The maximum absolute atomic E-state index is 4.08. The zero-order valence-corrected chi connectivity index (χ0v) is 13.0. The molecule has 1 aliphatic rings. The molecule has 3 heteroatoms. The number of rotatable bonds is 5. The highest BCUT2D eigenvalue weighted by Crippen LogP contribution is 2.41. The van der Waals surface area contributed by atoms with Gasteiger partial charge in [0.2, 0.25) is 0 Å². The highest BCUT2D eigenvalue weighted by Gasteiger charge is 2.31. The number of nitrogens with one attached hydrogen (secondary N) is 1.